The average molecular weight is 488 g/mol. The number of carbonyl (C=O) groups excluding carboxylic acids is 1. The molecule has 2 N–H and O–H groups in total. The number of pyridine rings is 1. The number of halogens is 1. The third kappa shape index (κ3) is 4.13. The van der Waals surface area contributed by atoms with Gasteiger partial charge < -0.3 is 20.2 Å². The van der Waals surface area contributed by atoms with Crippen LogP contribution in [0.5, 0.6) is 0 Å². The van der Waals surface area contributed by atoms with Crippen LogP contribution in [0.2, 0.25) is 0 Å². The fourth-order valence-corrected chi connectivity index (χ4v) is 5.07. The molecule has 0 spiro atoms. The number of aromatic nitrogens is 4. The summed E-state index contributed by atoms with van der Waals surface area (Å²) in [4.78, 5) is 25.0. The molecular weight excluding hydrogens is 461 g/mol. The molecule has 0 bridgehead atoms. The lowest BCUT2D eigenvalue weighted by Gasteiger charge is -2.40. The van der Waals surface area contributed by atoms with Crippen molar-refractivity contribution in [1.82, 2.24) is 24.9 Å². The van der Waals surface area contributed by atoms with Crippen molar-refractivity contribution >= 4 is 23.2 Å². The second-order valence-corrected chi connectivity index (χ2v) is 9.22. The van der Waals surface area contributed by atoms with Crippen molar-refractivity contribution in [2.24, 2.45) is 0 Å². The molecule has 1 aromatic carbocycles. The van der Waals surface area contributed by atoms with Crippen molar-refractivity contribution < 1.29 is 14.3 Å². The summed E-state index contributed by atoms with van der Waals surface area (Å²) in [5, 5.41) is 16.6. The Hall–Kier alpha value is -4.05. The largest absolute Gasteiger partial charge is 0.387 e. The molecule has 6 rings (SSSR count). The first-order chi connectivity index (χ1) is 17.6. The molecule has 4 aromatic rings. The summed E-state index contributed by atoms with van der Waals surface area (Å²) in [6, 6.07) is 16.6. The van der Waals surface area contributed by atoms with Crippen molar-refractivity contribution in [3.05, 3.63) is 72.2 Å². The van der Waals surface area contributed by atoms with Crippen LogP contribution in [0.4, 0.5) is 16.0 Å². The van der Waals surface area contributed by atoms with E-state index in [0.29, 0.717) is 13.1 Å². The molecule has 3 aromatic heterocycles. The summed E-state index contributed by atoms with van der Waals surface area (Å²) in [7, 11) is 0. The van der Waals surface area contributed by atoms with Crippen LogP contribution in [0.15, 0.2) is 60.8 Å². The average Bonchev–Trinajstić information content (AvgIpc) is 3.53. The molecule has 2 fully saturated rings. The smallest absolute Gasteiger partial charge is 0.246 e. The third-order valence-electron chi connectivity index (χ3n) is 6.84. The predicted molar refractivity (Wildman–Crippen MR) is 133 cm³/mol. The molecule has 0 aliphatic carbocycles. The summed E-state index contributed by atoms with van der Waals surface area (Å²) in [5.74, 6) is 1.02. The van der Waals surface area contributed by atoms with E-state index < -0.39 is 6.61 Å². The molecule has 0 unspecified atom stereocenters. The minimum absolute atomic E-state index is 0.00150. The maximum absolute atomic E-state index is 13.9. The van der Waals surface area contributed by atoms with Crippen LogP contribution in [0.25, 0.3) is 17.0 Å². The van der Waals surface area contributed by atoms with Crippen molar-refractivity contribution in [1.29, 1.82) is 0 Å². The van der Waals surface area contributed by atoms with Gasteiger partial charge in [0.1, 0.15) is 29.8 Å². The summed E-state index contributed by atoms with van der Waals surface area (Å²) in [6.07, 6.45) is 3.72. The normalized spacial score (nSPS) is 18.0. The van der Waals surface area contributed by atoms with Gasteiger partial charge in [0.2, 0.25) is 5.91 Å². The summed E-state index contributed by atoms with van der Waals surface area (Å²) < 4.78 is 15.7. The number of anilines is 2. The number of aliphatic hydroxyl groups excluding tert-OH is 1. The van der Waals surface area contributed by atoms with E-state index in [4.69, 9.17) is 15.2 Å². The summed E-state index contributed by atoms with van der Waals surface area (Å²) >= 11 is 0. The van der Waals surface area contributed by atoms with Crippen LogP contribution < -0.4 is 15.1 Å². The van der Waals surface area contributed by atoms with Gasteiger partial charge in [-0.05, 0) is 54.8 Å². The van der Waals surface area contributed by atoms with Gasteiger partial charge in [0.15, 0.2) is 5.65 Å². The van der Waals surface area contributed by atoms with E-state index in [9.17, 15) is 9.18 Å². The number of aliphatic hydroxyl groups is 1. The molecule has 2 aliphatic rings. The number of benzene rings is 1. The number of nitrogens with one attached hydrogen (secondary N) is 1. The molecule has 1 amide bonds. The van der Waals surface area contributed by atoms with Gasteiger partial charge in [-0.25, -0.2) is 18.9 Å². The lowest BCUT2D eigenvalue weighted by atomic mass is 10.0. The van der Waals surface area contributed by atoms with E-state index in [1.807, 2.05) is 40.9 Å². The molecule has 2 aliphatic heterocycles. The van der Waals surface area contributed by atoms with E-state index in [1.54, 1.807) is 18.3 Å². The highest BCUT2D eigenvalue weighted by Gasteiger charge is 2.30. The topological polar surface area (TPSA) is 98.9 Å². The molecule has 36 heavy (non-hydrogen) atoms. The zero-order valence-electron chi connectivity index (χ0n) is 19.6. The molecule has 2 saturated heterocycles. The Balaban J connectivity index is 1.27. The lowest BCUT2D eigenvalue weighted by Crippen LogP contribution is -2.60. The highest BCUT2D eigenvalue weighted by molar-refractivity contribution is 5.77. The first kappa shape index (κ1) is 22.4. The minimum atomic E-state index is -0.506. The molecular formula is C26H26FN7O2. The first-order valence-electron chi connectivity index (χ1n) is 12.1. The molecule has 1 atom stereocenters. The Morgan fingerprint density at radius 3 is 2.81 bits per heavy atom. The van der Waals surface area contributed by atoms with Crippen LogP contribution in [0.3, 0.4) is 0 Å². The lowest BCUT2D eigenvalue weighted by molar-refractivity contribution is -0.124. The Morgan fingerprint density at radius 1 is 1.11 bits per heavy atom. The van der Waals surface area contributed by atoms with Crippen LogP contribution in [0, 0.1) is 5.82 Å². The summed E-state index contributed by atoms with van der Waals surface area (Å²) in [6.45, 7) is 1.61. The highest BCUT2D eigenvalue weighted by atomic mass is 19.1. The predicted octanol–water partition coefficient (Wildman–Crippen LogP) is 2.57. The Labute approximate surface area is 207 Å². The fourth-order valence-electron chi connectivity index (χ4n) is 5.07. The molecule has 9 nitrogen and oxygen atoms in total. The number of hydrogen-bond donors (Lipinski definition) is 2. The highest BCUT2D eigenvalue weighted by Crippen LogP contribution is 2.35. The standard InChI is InChI=1S/C26H26FN7O2/c27-18-5-1-4-17(12-18)21-7-3-11-33(21)25-10-9-23-28-13-22(34(23)31-25)20-6-2-8-24(30-20)32-14-19(15-32)29-26(36)16-35/h1-2,4-6,8-10,12-13,19,21,35H,3,7,11,14-16H2,(H,29,36)/t21-/m1/s1. The Kier molecular flexibility index (Phi) is 5.73. The maximum Gasteiger partial charge on any atom is 0.246 e. The van der Waals surface area contributed by atoms with Gasteiger partial charge in [-0.3, -0.25) is 4.79 Å². The van der Waals surface area contributed by atoms with Gasteiger partial charge in [-0.1, -0.05) is 18.2 Å². The van der Waals surface area contributed by atoms with Crippen molar-refractivity contribution in [3.8, 4) is 11.4 Å². The molecule has 0 saturated carbocycles. The van der Waals surface area contributed by atoms with Crippen molar-refractivity contribution in [2.75, 3.05) is 36.0 Å². The van der Waals surface area contributed by atoms with Crippen LogP contribution in [-0.4, -0.2) is 62.9 Å². The van der Waals surface area contributed by atoms with E-state index in [0.717, 1.165) is 53.6 Å². The summed E-state index contributed by atoms with van der Waals surface area (Å²) in [5.41, 5.74) is 3.20. The molecule has 184 valence electrons. The minimum Gasteiger partial charge on any atom is -0.387 e. The monoisotopic (exact) mass is 487 g/mol. The number of rotatable bonds is 6. The van der Waals surface area contributed by atoms with E-state index in [-0.39, 0.29) is 23.8 Å². The van der Waals surface area contributed by atoms with E-state index in [2.05, 4.69) is 20.1 Å². The fraction of sp³-hybridized carbons (Fsp3) is 0.308. The number of nitrogens with zero attached hydrogens (tertiary/aromatic N) is 6. The SMILES string of the molecule is O=C(CO)NC1CN(c2cccc(-c3cnc4ccc(N5CCC[C@@H]5c5cccc(F)c5)nn34)n2)C1. The molecule has 0 radical (unpaired) electrons. The quantitative estimate of drug-likeness (QED) is 0.431. The number of imidazole rings is 1. The number of hydrogen-bond acceptors (Lipinski definition) is 7. The number of carbonyl (C=O) groups is 1. The van der Waals surface area contributed by atoms with Gasteiger partial charge in [-0.2, -0.15) is 0 Å². The van der Waals surface area contributed by atoms with E-state index in [1.165, 1.54) is 6.07 Å². The van der Waals surface area contributed by atoms with Gasteiger partial charge in [0.25, 0.3) is 0 Å². The van der Waals surface area contributed by atoms with Crippen LogP contribution in [0.1, 0.15) is 24.4 Å². The van der Waals surface area contributed by atoms with Crippen LogP contribution in [-0.2, 0) is 4.79 Å². The molecule has 5 heterocycles. The number of amides is 1. The van der Waals surface area contributed by atoms with Crippen molar-refractivity contribution in [3.63, 3.8) is 0 Å². The zero-order valence-corrected chi connectivity index (χ0v) is 19.6. The van der Waals surface area contributed by atoms with E-state index >= 15 is 0 Å². The maximum atomic E-state index is 13.9. The molecule has 10 heteroatoms. The Morgan fingerprint density at radius 2 is 1.97 bits per heavy atom. The second kappa shape index (κ2) is 9.19. The van der Waals surface area contributed by atoms with Gasteiger partial charge in [0.05, 0.1) is 24.0 Å². The van der Waals surface area contributed by atoms with Gasteiger partial charge in [-0.15, -0.1) is 5.10 Å². The Bertz CT molecular complexity index is 1420. The van der Waals surface area contributed by atoms with Gasteiger partial charge in [0, 0.05) is 19.6 Å². The zero-order chi connectivity index (χ0) is 24.6. The first-order valence-corrected chi connectivity index (χ1v) is 12.1. The second-order valence-electron chi connectivity index (χ2n) is 9.22. The van der Waals surface area contributed by atoms with Gasteiger partial charge >= 0.3 is 0 Å². The third-order valence-corrected chi connectivity index (χ3v) is 6.84. The van der Waals surface area contributed by atoms with Crippen LogP contribution >= 0.6 is 0 Å². The van der Waals surface area contributed by atoms with Crippen molar-refractivity contribution in [2.45, 2.75) is 24.9 Å². The number of fused-ring (bicyclic) bond motifs is 1.